The zero-order valence-corrected chi connectivity index (χ0v) is 6.37. The van der Waals surface area contributed by atoms with Crippen molar-refractivity contribution in [3.63, 3.8) is 0 Å². The second-order valence-electron chi connectivity index (χ2n) is 2.36. The van der Waals surface area contributed by atoms with E-state index in [0.717, 1.165) is 12.5 Å². The number of nitrogens with zero attached hydrogens (tertiary/aromatic N) is 2. The molecule has 0 aliphatic heterocycles. The Labute approximate surface area is 72.0 Å². The molecule has 5 heteroatoms. The van der Waals surface area contributed by atoms with E-state index < -0.39 is 11.6 Å². The summed E-state index contributed by atoms with van der Waals surface area (Å²) in [5.41, 5.74) is -0.00579. The molecular formula is C8H4F2N2O. The number of aromatic nitrogens is 2. The third-order valence-corrected chi connectivity index (χ3v) is 1.55. The summed E-state index contributed by atoms with van der Waals surface area (Å²) in [6.07, 6.45) is 1.06. The SMILES string of the molecule is Fc1cccc(-c2ncon2)c1F. The van der Waals surface area contributed by atoms with Crippen molar-refractivity contribution in [3.05, 3.63) is 36.2 Å². The molecule has 2 aromatic rings. The standard InChI is InChI=1S/C8H4F2N2O/c9-6-3-1-2-5(7(6)10)8-11-4-13-12-8/h1-4H. The summed E-state index contributed by atoms with van der Waals surface area (Å²) in [4.78, 5) is 3.60. The number of hydrogen-bond acceptors (Lipinski definition) is 3. The Morgan fingerprint density at radius 2 is 2.08 bits per heavy atom. The van der Waals surface area contributed by atoms with Gasteiger partial charge >= 0.3 is 0 Å². The highest BCUT2D eigenvalue weighted by atomic mass is 19.2. The van der Waals surface area contributed by atoms with Crippen LogP contribution in [0.3, 0.4) is 0 Å². The predicted octanol–water partition coefficient (Wildman–Crippen LogP) is 2.01. The van der Waals surface area contributed by atoms with Crippen molar-refractivity contribution < 1.29 is 13.3 Å². The lowest BCUT2D eigenvalue weighted by molar-refractivity contribution is 0.418. The maximum atomic E-state index is 13.1. The Hall–Kier alpha value is -1.78. The van der Waals surface area contributed by atoms with E-state index in [-0.39, 0.29) is 11.4 Å². The van der Waals surface area contributed by atoms with Gasteiger partial charge in [-0.05, 0) is 12.1 Å². The quantitative estimate of drug-likeness (QED) is 0.677. The van der Waals surface area contributed by atoms with Crippen LogP contribution in [-0.4, -0.2) is 10.1 Å². The molecule has 0 amide bonds. The van der Waals surface area contributed by atoms with Crippen LogP contribution in [0, 0.1) is 11.6 Å². The summed E-state index contributed by atoms with van der Waals surface area (Å²) in [7, 11) is 0. The lowest BCUT2D eigenvalue weighted by atomic mass is 10.2. The minimum absolute atomic E-state index is 0.00579. The first-order chi connectivity index (χ1) is 6.29. The molecule has 0 saturated heterocycles. The van der Waals surface area contributed by atoms with Crippen LogP contribution >= 0.6 is 0 Å². The van der Waals surface area contributed by atoms with E-state index in [0.29, 0.717) is 0 Å². The van der Waals surface area contributed by atoms with Crippen LogP contribution in [0.4, 0.5) is 8.78 Å². The minimum atomic E-state index is -0.969. The van der Waals surface area contributed by atoms with Gasteiger partial charge in [0.2, 0.25) is 12.2 Å². The molecular weight excluding hydrogens is 178 g/mol. The first-order valence-corrected chi connectivity index (χ1v) is 3.50. The molecule has 0 saturated carbocycles. The first kappa shape index (κ1) is 7.85. The maximum absolute atomic E-state index is 13.1. The Kier molecular flexibility index (Phi) is 1.77. The molecule has 0 atom stereocenters. The molecule has 0 radical (unpaired) electrons. The second-order valence-corrected chi connectivity index (χ2v) is 2.36. The number of halogens is 2. The Bertz CT molecular complexity index is 414. The molecule has 1 heterocycles. The Morgan fingerprint density at radius 1 is 1.23 bits per heavy atom. The molecule has 1 aromatic heterocycles. The van der Waals surface area contributed by atoms with E-state index in [2.05, 4.69) is 14.7 Å². The van der Waals surface area contributed by atoms with Crippen LogP contribution < -0.4 is 0 Å². The van der Waals surface area contributed by atoms with Gasteiger partial charge in [0.25, 0.3) is 0 Å². The highest BCUT2D eigenvalue weighted by Gasteiger charge is 2.12. The van der Waals surface area contributed by atoms with Gasteiger partial charge in [0, 0.05) is 0 Å². The van der Waals surface area contributed by atoms with Crippen molar-refractivity contribution in [2.24, 2.45) is 0 Å². The van der Waals surface area contributed by atoms with E-state index >= 15 is 0 Å². The summed E-state index contributed by atoms with van der Waals surface area (Å²) in [5.74, 6) is -1.86. The average molecular weight is 182 g/mol. The van der Waals surface area contributed by atoms with Gasteiger partial charge in [0.1, 0.15) is 0 Å². The number of hydrogen-bond donors (Lipinski definition) is 0. The normalized spacial score (nSPS) is 10.3. The van der Waals surface area contributed by atoms with Gasteiger partial charge in [0.05, 0.1) is 5.56 Å². The lowest BCUT2D eigenvalue weighted by Crippen LogP contribution is -1.90. The van der Waals surface area contributed by atoms with Gasteiger partial charge < -0.3 is 4.52 Å². The molecule has 1 aromatic carbocycles. The van der Waals surface area contributed by atoms with E-state index in [4.69, 9.17) is 0 Å². The third-order valence-electron chi connectivity index (χ3n) is 1.55. The molecule has 13 heavy (non-hydrogen) atoms. The lowest BCUT2D eigenvalue weighted by Gasteiger charge is -1.96. The summed E-state index contributed by atoms with van der Waals surface area (Å²) < 4.78 is 30.2. The largest absolute Gasteiger partial charge is 0.342 e. The summed E-state index contributed by atoms with van der Waals surface area (Å²) in [5, 5.41) is 3.40. The van der Waals surface area contributed by atoms with Crippen LogP contribution in [0.2, 0.25) is 0 Å². The summed E-state index contributed by atoms with van der Waals surface area (Å²) >= 11 is 0. The molecule has 0 aliphatic carbocycles. The van der Waals surface area contributed by atoms with Crippen molar-refractivity contribution in [2.75, 3.05) is 0 Å². The van der Waals surface area contributed by atoms with E-state index in [1.54, 1.807) is 0 Å². The highest BCUT2D eigenvalue weighted by molar-refractivity contribution is 5.54. The fourth-order valence-electron chi connectivity index (χ4n) is 0.966. The van der Waals surface area contributed by atoms with Crippen LogP contribution in [0.25, 0.3) is 11.4 Å². The number of rotatable bonds is 1. The zero-order chi connectivity index (χ0) is 9.26. The van der Waals surface area contributed by atoms with Gasteiger partial charge in [-0.2, -0.15) is 4.98 Å². The van der Waals surface area contributed by atoms with E-state index in [9.17, 15) is 8.78 Å². The van der Waals surface area contributed by atoms with E-state index in [1.165, 1.54) is 12.1 Å². The molecule has 0 bridgehead atoms. The van der Waals surface area contributed by atoms with Crippen LogP contribution in [0.1, 0.15) is 0 Å². The van der Waals surface area contributed by atoms with Crippen molar-refractivity contribution in [1.82, 2.24) is 10.1 Å². The van der Waals surface area contributed by atoms with Gasteiger partial charge in [-0.25, -0.2) is 8.78 Å². The minimum Gasteiger partial charge on any atom is -0.342 e. The molecule has 0 unspecified atom stereocenters. The molecule has 3 nitrogen and oxygen atoms in total. The predicted molar refractivity (Wildman–Crippen MR) is 39.6 cm³/mol. The molecule has 2 rings (SSSR count). The third kappa shape index (κ3) is 1.28. The Morgan fingerprint density at radius 3 is 2.77 bits per heavy atom. The van der Waals surface area contributed by atoms with Gasteiger partial charge in [-0.15, -0.1) is 0 Å². The van der Waals surface area contributed by atoms with Crippen LogP contribution in [0.5, 0.6) is 0 Å². The fraction of sp³-hybridized carbons (Fsp3) is 0. The molecule has 0 N–H and O–H groups in total. The smallest absolute Gasteiger partial charge is 0.214 e. The Balaban J connectivity index is 2.59. The van der Waals surface area contributed by atoms with Gasteiger partial charge in [-0.3, -0.25) is 0 Å². The maximum Gasteiger partial charge on any atom is 0.214 e. The second kappa shape index (κ2) is 2.93. The highest BCUT2D eigenvalue weighted by Crippen LogP contribution is 2.20. The molecule has 0 aliphatic rings. The van der Waals surface area contributed by atoms with Crippen molar-refractivity contribution in [2.45, 2.75) is 0 Å². The van der Waals surface area contributed by atoms with Crippen molar-refractivity contribution in [1.29, 1.82) is 0 Å². The molecule has 0 spiro atoms. The van der Waals surface area contributed by atoms with Crippen molar-refractivity contribution in [3.8, 4) is 11.4 Å². The first-order valence-electron chi connectivity index (χ1n) is 3.50. The average Bonchev–Trinajstić information content (AvgIpc) is 2.62. The van der Waals surface area contributed by atoms with Crippen LogP contribution in [0.15, 0.2) is 29.1 Å². The van der Waals surface area contributed by atoms with Crippen LogP contribution in [-0.2, 0) is 0 Å². The summed E-state index contributed by atoms with van der Waals surface area (Å²) in [6.45, 7) is 0. The fourth-order valence-corrected chi connectivity index (χ4v) is 0.966. The zero-order valence-electron chi connectivity index (χ0n) is 6.37. The molecule has 0 fully saturated rings. The summed E-state index contributed by atoms with van der Waals surface area (Å²) in [6, 6.07) is 3.78. The topological polar surface area (TPSA) is 38.9 Å². The van der Waals surface area contributed by atoms with E-state index in [1.807, 2.05) is 0 Å². The molecule has 66 valence electrons. The van der Waals surface area contributed by atoms with Gasteiger partial charge in [0.15, 0.2) is 11.6 Å². The number of benzene rings is 1. The van der Waals surface area contributed by atoms with Gasteiger partial charge in [-0.1, -0.05) is 11.2 Å². The monoisotopic (exact) mass is 182 g/mol. The van der Waals surface area contributed by atoms with Crippen molar-refractivity contribution >= 4 is 0 Å².